The topological polar surface area (TPSA) is 38.5 Å². The molecule has 146 valence electrons. The maximum atomic E-state index is 5.83. The van der Waals surface area contributed by atoms with Crippen LogP contribution in [0.3, 0.4) is 0 Å². The highest BCUT2D eigenvalue weighted by molar-refractivity contribution is 5.71. The molecule has 1 aliphatic rings. The fraction of sp³-hybridized carbons (Fsp3) is 0.500. The van der Waals surface area contributed by atoms with Gasteiger partial charge in [0.1, 0.15) is 0 Å². The molecule has 2 N–H and O–H groups in total. The molecule has 0 unspecified atom stereocenters. The minimum Gasteiger partial charge on any atom is -0.380 e. The molecule has 2 aromatic rings. The van der Waals surface area contributed by atoms with Crippen LogP contribution in [0.4, 0.5) is 0 Å². The Hall–Kier alpha value is -1.68. The SMILES string of the molecule is COCc1ccccc1-c1ccc(CN2CCC(CN)CC2)cc1C(C)C. The molecule has 0 radical (unpaired) electrons. The Balaban J connectivity index is 1.84. The second-order valence-electron chi connectivity index (χ2n) is 8.12. The summed E-state index contributed by atoms with van der Waals surface area (Å²) in [7, 11) is 1.76. The van der Waals surface area contributed by atoms with Crippen molar-refractivity contribution >= 4 is 0 Å². The van der Waals surface area contributed by atoms with Crippen molar-refractivity contribution in [3.63, 3.8) is 0 Å². The fourth-order valence-electron chi connectivity index (χ4n) is 4.14. The first-order chi connectivity index (χ1) is 13.1. The summed E-state index contributed by atoms with van der Waals surface area (Å²) >= 11 is 0. The Kier molecular flexibility index (Phi) is 7.06. The predicted octanol–water partition coefficient (Wildman–Crippen LogP) is 4.79. The summed E-state index contributed by atoms with van der Waals surface area (Å²) in [5, 5.41) is 0. The van der Waals surface area contributed by atoms with Crippen LogP contribution in [0, 0.1) is 5.92 Å². The normalized spacial score (nSPS) is 16.2. The third-order valence-electron chi connectivity index (χ3n) is 5.79. The lowest BCUT2D eigenvalue weighted by Crippen LogP contribution is -2.35. The number of hydrogen-bond donors (Lipinski definition) is 1. The van der Waals surface area contributed by atoms with E-state index in [-0.39, 0.29) is 0 Å². The molecule has 3 rings (SSSR count). The minimum atomic E-state index is 0.485. The van der Waals surface area contributed by atoms with E-state index in [4.69, 9.17) is 10.5 Å². The number of likely N-dealkylation sites (tertiary alicyclic amines) is 1. The van der Waals surface area contributed by atoms with Crippen molar-refractivity contribution in [2.45, 2.75) is 45.8 Å². The number of methoxy groups -OCH3 is 1. The predicted molar refractivity (Wildman–Crippen MR) is 114 cm³/mol. The highest BCUT2D eigenvalue weighted by Crippen LogP contribution is 2.33. The van der Waals surface area contributed by atoms with Crippen LogP contribution in [0.2, 0.25) is 0 Å². The van der Waals surface area contributed by atoms with Gasteiger partial charge in [-0.05, 0) is 72.1 Å². The maximum absolute atomic E-state index is 5.83. The van der Waals surface area contributed by atoms with Crippen LogP contribution in [0.15, 0.2) is 42.5 Å². The number of nitrogens with two attached hydrogens (primary N) is 1. The van der Waals surface area contributed by atoms with Crippen LogP contribution in [0.25, 0.3) is 11.1 Å². The average molecular weight is 367 g/mol. The van der Waals surface area contributed by atoms with Gasteiger partial charge in [0, 0.05) is 13.7 Å². The van der Waals surface area contributed by atoms with E-state index < -0.39 is 0 Å². The summed E-state index contributed by atoms with van der Waals surface area (Å²) < 4.78 is 5.42. The first-order valence-corrected chi connectivity index (χ1v) is 10.2. The van der Waals surface area contributed by atoms with Gasteiger partial charge in [0.15, 0.2) is 0 Å². The highest BCUT2D eigenvalue weighted by atomic mass is 16.5. The highest BCUT2D eigenvalue weighted by Gasteiger charge is 2.19. The first-order valence-electron chi connectivity index (χ1n) is 10.2. The van der Waals surface area contributed by atoms with Gasteiger partial charge in [-0.2, -0.15) is 0 Å². The second kappa shape index (κ2) is 9.50. The van der Waals surface area contributed by atoms with Crippen LogP contribution in [-0.2, 0) is 17.9 Å². The lowest BCUT2D eigenvalue weighted by Gasteiger charge is -2.31. The number of hydrogen-bond acceptors (Lipinski definition) is 3. The van der Waals surface area contributed by atoms with Crippen LogP contribution in [-0.4, -0.2) is 31.6 Å². The second-order valence-corrected chi connectivity index (χ2v) is 8.12. The molecule has 0 aromatic heterocycles. The molecule has 3 heteroatoms. The molecular weight excluding hydrogens is 332 g/mol. The zero-order valence-electron chi connectivity index (χ0n) is 17.1. The van der Waals surface area contributed by atoms with Gasteiger partial charge in [0.2, 0.25) is 0 Å². The van der Waals surface area contributed by atoms with E-state index in [1.807, 2.05) is 0 Å². The van der Waals surface area contributed by atoms with Crippen molar-refractivity contribution in [3.05, 3.63) is 59.2 Å². The molecule has 1 aliphatic heterocycles. The smallest absolute Gasteiger partial charge is 0.0719 e. The van der Waals surface area contributed by atoms with Crippen molar-refractivity contribution in [1.29, 1.82) is 0 Å². The van der Waals surface area contributed by atoms with Gasteiger partial charge < -0.3 is 10.5 Å². The zero-order valence-corrected chi connectivity index (χ0v) is 17.1. The van der Waals surface area contributed by atoms with E-state index in [1.165, 1.54) is 40.7 Å². The molecular formula is C24H34N2O. The molecule has 0 saturated carbocycles. The van der Waals surface area contributed by atoms with E-state index in [1.54, 1.807) is 7.11 Å². The van der Waals surface area contributed by atoms with E-state index in [2.05, 4.69) is 61.2 Å². The number of ether oxygens (including phenoxy) is 1. The lowest BCUT2D eigenvalue weighted by atomic mass is 9.88. The number of benzene rings is 2. The van der Waals surface area contributed by atoms with Crippen molar-refractivity contribution in [3.8, 4) is 11.1 Å². The summed E-state index contributed by atoms with van der Waals surface area (Å²) in [6.45, 7) is 9.42. The van der Waals surface area contributed by atoms with Crippen LogP contribution < -0.4 is 5.73 Å². The van der Waals surface area contributed by atoms with Gasteiger partial charge in [-0.1, -0.05) is 56.3 Å². The number of nitrogens with zero attached hydrogens (tertiary/aromatic N) is 1. The Morgan fingerprint density at radius 1 is 1.07 bits per heavy atom. The monoisotopic (exact) mass is 366 g/mol. The van der Waals surface area contributed by atoms with Crippen molar-refractivity contribution < 1.29 is 4.74 Å². The number of piperidine rings is 1. The van der Waals surface area contributed by atoms with Gasteiger partial charge in [0.25, 0.3) is 0 Å². The van der Waals surface area contributed by atoms with Crippen molar-refractivity contribution in [1.82, 2.24) is 4.90 Å². The summed E-state index contributed by atoms with van der Waals surface area (Å²) in [5.74, 6) is 1.20. The van der Waals surface area contributed by atoms with Gasteiger partial charge in [-0.3, -0.25) is 4.90 Å². The largest absolute Gasteiger partial charge is 0.380 e. The first kappa shape index (κ1) is 20.1. The van der Waals surface area contributed by atoms with Crippen LogP contribution in [0.1, 0.15) is 49.3 Å². The van der Waals surface area contributed by atoms with E-state index in [0.29, 0.717) is 18.4 Å². The lowest BCUT2D eigenvalue weighted by molar-refractivity contribution is 0.180. The molecule has 0 spiro atoms. The van der Waals surface area contributed by atoms with Crippen LogP contribution in [0.5, 0.6) is 0 Å². The van der Waals surface area contributed by atoms with E-state index in [9.17, 15) is 0 Å². The Morgan fingerprint density at radius 3 is 2.48 bits per heavy atom. The van der Waals surface area contributed by atoms with Crippen molar-refractivity contribution in [2.75, 3.05) is 26.7 Å². The molecule has 2 aromatic carbocycles. The quantitative estimate of drug-likeness (QED) is 0.765. The Morgan fingerprint density at radius 2 is 1.81 bits per heavy atom. The Labute approximate surface area is 164 Å². The van der Waals surface area contributed by atoms with Gasteiger partial charge >= 0.3 is 0 Å². The molecule has 0 atom stereocenters. The standard InChI is InChI=1S/C24H34N2O/c1-18(2)24-14-20(16-26-12-10-19(15-25)11-13-26)8-9-23(24)22-7-5-4-6-21(22)17-27-3/h4-9,14,18-19H,10-13,15-17,25H2,1-3H3. The third-order valence-corrected chi connectivity index (χ3v) is 5.79. The summed E-state index contributed by atoms with van der Waals surface area (Å²) in [5.41, 5.74) is 12.5. The maximum Gasteiger partial charge on any atom is 0.0719 e. The Bertz CT molecular complexity index is 733. The molecule has 0 aliphatic carbocycles. The molecule has 0 amide bonds. The van der Waals surface area contributed by atoms with Crippen LogP contribution >= 0.6 is 0 Å². The molecule has 27 heavy (non-hydrogen) atoms. The van der Waals surface area contributed by atoms with Gasteiger partial charge in [0.05, 0.1) is 6.61 Å². The molecule has 1 fully saturated rings. The summed E-state index contributed by atoms with van der Waals surface area (Å²) in [6.07, 6.45) is 2.46. The molecule has 3 nitrogen and oxygen atoms in total. The van der Waals surface area contributed by atoms with E-state index >= 15 is 0 Å². The van der Waals surface area contributed by atoms with E-state index in [0.717, 1.165) is 26.2 Å². The molecule has 1 saturated heterocycles. The summed E-state index contributed by atoms with van der Waals surface area (Å²) in [6, 6.07) is 15.6. The van der Waals surface area contributed by atoms with Gasteiger partial charge in [-0.15, -0.1) is 0 Å². The summed E-state index contributed by atoms with van der Waals surface area (Å²) in [4.78, 5) is 2.57. The fourth-order valence-corrected chi connectivity index (χ4v) is 4.14. The number of rotatable bonds is 7. The minimum absolute atomic E-state index is 0.485. The van der Waals surface area contributed by atoms with Gasteiger partial charge in [-0.25, -0.2) is 0 Å². The average Bonchev–Trinajstić information content (AvgIpc) is 2.69. The molecule has 0 bridgehead atoms. The van der Waals surface area contributed by atoms with Crippen molar-refractivity contribution in [2.24, 2.45) is 11.7 Å². The third kappa shape index (κ3) is 4.98. The zero-order chi connectivity index (χ0) is 19.2. The molecule has 1 heterocycles.